The zero-order chi connectivity index (χ0) is 11.3. The first kappa shape index (κ1) is 9.51. The molecule has 1 unspecified atom stereocenters. The molecule has 2 aromatic rings. The van der Waals surface area contributed by atoms with Gasteiger partial charge in [-0.3, -0.25) is 5.10 Å². The Balaban J connectivity index is 1.94. The van der Waals surface area contributed by atoms with E-state index >= 15 is 0 Å². The Bertz CT molecular complexity index is 541. The van der Waals surface area contributed by atoms with Gasteiger partial charge in [0.25, 0.3) is 0 Å². The molecule has 1 aromatic heterocycles. The lowest BCUT2D eigenvalue weighted by Gasteiger charge is -2.10. The minimum atomic E-state index is 0.398. The molecule has 4 heteroatoms. The van der Waals surface area contributed by atoms with Gasteiger partial charge in [0.05, 0.1) is 23.1 Å². The molecule has 0 spiro atoms. The summed E-state index contributed by atoms with van der Waals surface area (Å²) in [5.41, 5.74) is 9.22. The third-order valence-corrected chi connectivity index (χ3v) is 3.45. The molecule has 0 bridgehead atoms. The highest BCUT2D eigenvalue weighted by Gasteiger charge is 2.45. The van der Waals surface area contributed by atoms with Crippen LogP contribution in [0.15, 0.2) is 18.3 Å². The first-order valence-corrected chi connectivity index (χ1v) is 5.55. The third kappa shape index (κ3) is 1.41. The molecule has 1 heterocycles. The molecule has 0 amide bonds. The molecule has 1 aliphatic carbocycles. The van der Waals surface area contributed by atoms with Crippen molar-refractivity contribution in [1.82, 2.24) is 10.2 Å². The first-order valence-electron chi connectivity index (χ1n) is 5.55. The average molecular weight is 216 g/mol. The number of fused-ring (bicyclic) bond motifs is 1. The van der Waals surface area contributed by atoms with Crippen LogP contribution in [0.2, 0.25) is 0 Å². The van der Waals surface area contributed by atoms with Crippen LogP contribution in [0.5, 0.6) is 0 Å². The van der Waals surface area contributed by atoms with Gasteiger partial charge < -0.3 is 11.1 Å². The van der Waals surface area contributed by atoms with Crippen LogP contribution in [-0.2, 0) is 0 Å². The van der Waals surface area contributed by atoms with Crippen LogP contribution in [0.25, 0.3) is 10.9 Å². The molecule has 1 aromatic carbocycles. The molecule has 84 valence electrons. The van der Waals surface area contributed by atoms with Crippen LogP contribution in [-0.4, -0.2) is 16.2 Å². The fourth-order valence-corrected chi connectivity index (χ4v) is 2.04. The van der Waals surface area contributed by atoms with Crippen LogP contribution >= 0.6 is 0 Å². The number of aromatic nitrogens is 2. The summed E-state index contributed by atoms with van der Waals surface area (Å²) >= 11 is 0. The Morgan fingerprint density at radius 1 is 1.50 bits per heavy atom. The largest absolute Gasteiger partial charge is 0.397 e. The zero-order valence-electron chi connectivity index (χ0n) is 9.54. The number of nitrogens with one attached hydrogen (secondary N) is 2. The van der Waals surface area contributed by atoms with Crippen molar-refractivity contribution in [2.45, 2.75) is 26.3 Å². The number of anilines is 2. The van der Waals surface area contributed by atoms with Crippen LogP contribution in [0.1, 0.15) is 20.3 Å². The number of nitrogens with two attached hydrogens (primary N) is 1. The van der Waals surface area contributed by atoms with Crippen molar-refractivity contribution in [3.05, 3.63) is 18.3 Å². The van der Waals surface area contributed by atoms with Crippen molar-refractivity contribution in [2.75, 3.05) is 11.1 Å². The van der Waals surface area contributed by atoms with E-state index in [9.17, 15) is 0 Å². The second-order valence-electron chi connectivity index (χ2n) is 5.29. The molecule has 0 saturated heterocycles. The second kappa shape index (κ2) is 2.90. The van der Waals surface area contributed by atoms with Crippen molar-refractivity contribution < 1.29 is 0 Å². The van der Waals surface area contributed by atoms with E-state index in [0.717, 1.165) is 22.3 Å². The van der Waals surface area contributed by atoms with Crippen molar-refractivity contribution in [3.8, 4) is 0 Å². The zero-order valence-corrected chi connectivity index (χ0v) is 9.54. The van der Waals surface area contributed by atoms with Gasteiger partial charge in [0.2, 0.25) is 0 Å². The molecule has 0 aliphatic heterocycles. The summed E-state index contributed by atoms with van der Waals surface area (Å²) in [5, 5.41) is 11.5. The molecule has 4 nitrogen and oxygen atoms in total. The summed E-state index contributed by atoms with van der Waals surface area (Å²) in [6, 6.07) is 4.53. The highest BCUT2D eigenvalue weighted by molar-refractivity contribution is 5.88. The van der Waals surface area contributed by atoms with E-state index in [1.165, 1.54) is 6.42 Å². The fourth-order valence-electron chi connectivity index (χ4n) is 2.04. The number of benzene rings is 1. The maximum atomic E-state index is 6.01. The maximum absolute atomic E-state index is 6.01. The van der Waals surface area contributed by atoms with E-state index in [4.69, 9.17) is 5.73 Å². The summed E-state index contributed by atoms with van der Waals surface area (Å²) in [5.74, 6) is 0. The monoisotopic (exact) mass is 216 g/mol. The predicted octanol–water partition coefficient (Wildman–Crippen LogP) is 2.36. The van der Waals surface area contributed by atoms with Crippen molar-refractivity contribution in [2.24, 2.45) is 5.41 Å². The van der Waals surface area contributed by atoms with E-state index in [0.29, 0.717) is 11.5 Å². The van der Waals surface area contributed by atoms with Gasteiger partial charge in [0.15, 0.2) is 0 Å². The number of rotatable bonds is 2. The fraction of sp³-hybridized carbons (Fsp3) is 0.417. The number of hydrogen-bond acceptors (Lipinski definition) is 3. The third-order valence-electron chi connectivity index (χ3n) is 3.45. The van der Waals surface area contributed by atoms with Crippen LogP contribution in [0, 0.1) is 5.41 Å². The van der Waals surface area contributed by atoms with Gasteiger partial charge in [-0.2, -0.15) is 5.10 Å². The second-order valence-corrected chi connectivity index (χ2v) is 5.29. The molecule has 0 radical (unpaired) electrons. The Kier molecular flexibility index (Phi) is 1.73. The number of H-pyrrole nitrogens is 1. The molecule has 3 rings (SSSR count). The lowest BCUT2D eigenvalue weighted by molar-refractivity contribution is 0.631. The number of hydrogen-bond donors (Lipinski definition) is 3. The quantitative estimate of drug-likeness (QED) is 0.675. The van der Waals surface area contributed by atoms with Crippen LogP contribution < -0.4 is 11.1 Å². The normalized spacial score (nSPS) is 22.2. The van der Waals surface area contributed by atoms with Gasteiger partial charge >= 0.3 is 0 Å². The molecule has 1 fully saturated rings. The Morgan fingerprint density at radius 2 is 2.25 bits per heavy atom. The number of nitrogens with zero attached hydrogens (tertiary/aromatic N) is 1. The van der Waals surface area contributed by atoms with Gasteiger partial charge in [-0.15, -0.1) is 0 Å². The minimum absolute atomic E-state index is 0.398. The summed E-state index contributed by atoms with van der Waals surface area (Å²) in [7, 11) is 0. The molecule has 1 aliphatic rings. The number of nitrogen functional groups attached to an aromatic ring is 1. The van der Waals surface area contributed by atoms with Crippen molar-refractivity contribution >= 4 is 22.3 Å². The van der Waals surface area contributed by atoms with Crippen molar-refractivity contribution in [3.63, 3.8) is 0 Å². The summed E-state index contributed by atoms with van der Waals surface area (Å²) in [6.07, 6.45) is 2.99. The molecular formula is C12H16N4. The van der Waals surface area contributed by atoms with E-state index < -0.39 is 0 Å². The van der Waals surface area contributed by atoms with Gasteiger partial charge in [0.1, 0.15) is 0 Å². The topological polar surface area (TPSA) is 66.7 Å². The van der Waals surface area contributed by atoms with Crippen LogP contribution in [0.4, 0.5) is 11.4 Å². The lowest BCUT2D eigenvalue weighted by atomic mass is 10.1. The average Bonchev–Trinajstić information content (AvgIpc) is 2.60. The van der Waals surface area contributed by atoms with E-state index in [-0.39, 0.29) is 0 Å². The Morgan fingerprint density at radius 3 is 2.94 bits per heavy atom. The minimum Gasteiger partial charge on any atom is -0.397 e. The Hall–Kier alpha value is -1.71. The van der Waals surface area contributed by atoms with Gasteiger partial charge in [-0.1, -0.05) is 13.8 Å². The van der Waals surface area contributed by atoms with Crippen LogP contribution in [0.3, 0.4) is 0 Å². The maximum Gasteiger partial charge on any atom is 0.0672 e. The molecular weight excluding hydrogens is 200 g/mol. The first-order chi connectivity index (χ1) is 7.56. The molecule has 1 atom stereocenters. The van der Waals surface area contributed by atoms with E-state index in [1.807, 2.05) is 12.1 Å². The summed E-state index contributed by atoms with van der Waals surface area (Å²) in [6.45, 7) is 4.52. The van der Waals surface area contributed by atoms with Crippen molar-refractivity contribution in [1.29, 1.82) is 0 Å². The van der Waals surface area contributed by atoms with E-state index in [1.54, 1.807) is 6.20 Å². The summed E-state index contributed by atoms with van der Waals surface area (Å²) < 4.78 is 0. The van der Waals surface area contributed by atoms with Gasteiger partial charge in [-0.05, 0) is 24.0 Å². The van der Waals surface area contributed by atoms with Gasteiger partial charge in [0, 0.05) is 11.4 Å². The number of aromatic amines is 1. The highest BCUT2D eigenvalue weighted by Crippen LogP contribution is 2.47. The predicted molar refractivity (Wildman–Crippen MR) is 66.3 cm³/mol. The molecule has 4 N–H and O–H groups in total. The smallest absolute Gasteiger partial charge is 0.0672 e. The van der Waals surface area contributed by atoms with E-state index in [2.05, 4.69) is 29.4 Å². The van der Waals surface area contributed by atoms with Gasteiger partial charge in [-0.25, -0.2) is 0 Å². The highest BCUT2D eigenvalue weighted by atomic mass is 15.1. The SMILES string of the molecule is CC1(C)CC1Nc1cc2[nH]ncc2cc1N. The molecule has 1 saturated carbocycles. The standard InChI is InChI=1S/C12H16N4/c1-12(2)5-11(12)15-10-4-9-7(3-8(10)13)6-14-16-9/h3-4,6,11,15H,5,13H2,1-2H3,(H,14,16). The summed E-state index contributed by atoms with van der Waals surface area (Å²) in [4.78, 5) is 0. The Labute approximate surface area is 94.2 Å². The lowest BCUT2D eigenvalue weighted by Crippen LogP contribution is -2.09. The molecule has 16 heavy (non-hydrogen) atoms.